The number of nitrogens with zero attached hydrogens (tertiary/aromatic N) is 1. The number of carbonyl (C=O) groups is 3. The Balaban J connectivity index is 2.77. The molecule has 1 heterocycles. The Kier molecular flexibility index (Phi) is 7.13. The highest BCUT2D eigenvalue weighted by atomic mass is 32.2. The van der Waals surface area contributed by atoms with E-state index in [-0.39, 0.29) is 24.0 Å². The lowest BCUT2D eigenvalue weighted by atomic mass is 10.0. The minimum absolute atomic E-state index is 0.0274. The van der Waals surface area contributed by atoms with E-state index in [0.717, 1.165) is 11.8 Å². The predicted molar refractivity (Wildman–Crippen MR) is 78.7 cm³/mol. The molecular weight excluding hydrogens is 296 g/mol. The number of rotatable bonds is 7. The molecule has 0 radical (unpaired) electrons. The van der Waals surface area contributed by atoms with Crippen LogP contribution in [0.2, 0.25) is 0 Å². The van der Waals surface area contributed by atoms with Gasteiger partial charge in [0.15, 0.2) is 5.12 Å². The molecule has 7 nitrogen and oxygen atoms in total. The second-order valence-corrected chi connectivity index (χ2v) is 6.36. The largest absolute Gasteiger partial charge is 0.480 e. The van der Waals surface area contributed by atoms with Crippen molar-refractivity contribution in [3.8, 4) is 0 Å². The first-order valence-corrected chi connectivity index (χ1v) is 7.90. The van der Waals surface area contributed by atoms with Gasteiger partial charge in [-0.05, 0) is 19.4 Å². The van der Waals surface area contributed by atoms with Crippen LogP contribution in [-0.2, 0) is 14.4 Å². The predicted octanol–water partition coefficient (Wildman–Crippen LogP) is -0.332. The fourth-order valence-corrected chi connectivity index (χ4v) is 3.13. The lowest BCUT2D eigenvalue weighted by molar-refractivity contribution is -0.149. The molecular formula is C13H22N2O5S. The van der Waals surface area contributed by atoms with Crippen molar-refractivity contribution in [2.45, 2.75) is 38.3 Å². The van der Waals surface area contributed by atoms with Crippen LogP contribution in [0.5, 0.6) is 0 Å². The summed E-state index contributed by atoms with van der Waals surface area (Å²) in [6.07, 6.45) is 0.368. The van der Waals surface area contributed by atoms with Crippen LogP contribution in [0.25, 0.3) is 0 Å². The molecule has 1 amide bonds. The number of β-amino-alcohol motifs (C(OH)–C–C–N with tert-alkyl or cyclic N) is 1. The van der Waals surface area contributed by atoms with Crippen molar-refractivity contribution >= 4 is 28.8 Å². The molecule has 2 unspecified atom stereocenters. The number of aliphatic hydroxyl groups excluding tert-OH is 1. The van der Waals surface area contributed by atoms with Gasteiger partial charge in [0.25, 0.3) is 0 Å². The monoisotopic (exact) mass is 318 g/mol. The van der Waals surface area contributed by atoms with Crippen molar-refractivity contribution in [2.75, 3.05) is 18.8 Å². The van der Waals surface area contributed by atoms with Gasteiger partial charge in [0.1, 0.15) is 6.04 Å². The van der Waals surface area contributed by atoms with Crippen LogP contribution in [0.15, 0.2) is 0 Å². The summed E-state index contributed by atoms with van der Waals surface area (Å²) in [6, 6.07) is -0.991. The van der Waals surface area contributed by atoms with Gasteiger partial charge in [0, 0.05) is 31.6 Å². The van der Waals surface area contributed by atoms with E-state index < -0.39 is 24.0 Å². The number of carboxylic acid groups (broad SMARTS) is 1. The molecule has 8 heteroatoms. The molecule has 1 fully saturated rings. The van der Waals surface area contributed by atoms with Gasteiger partial charge in [-0.1, -0.05) is 11.8 Å². The van der Waals surface area contributed by atoms with Crippen LogP contribution in [-0.4, -0.2) is 63.1 Å². The number of hydrogen-bond acceptors (Lipinski definition) is 6. The minimum Gasteiger partial charge on any atom is -0.480 e. The van der Waals surface area contributed by atoms with Gasteiger partial charge in [-0.25, -0.2) is 4.79 Å². The fourth-order valence-electron chi connectivity index (χ4n) is 2.39. The van der Waals surface area contributed by atoms with Crippen LogP contribution >= 0.6 is 11.8 Å². The van der Waals surface area contributed by atoms with Gasteiger partial charge in [-0.15, -0.1) is 0 Å². The Bertz CT molecular complexity index is 404. The maximum absolute atomic E-state index is 12.5. The maximum atomic E-state index is 12.5. The van der Waals surface area contributed by atoms with Crippen molar-refractivity contribution < 1.29 is 24.6 Å². The summed E-state index contributed by atoms with van der Waals surface area (Å²) in [5.41, 5.74) is 5.45. The zero-order chi connectivity index (χ0) is 16.0. The molecule has 1 saturated heterocycles. The van der Waals surface area contributed by atoms with Gasteiger partial charge >= 0.3 is 5.97 Å². The summed E-state index contributed by atoms with van der Waals surface area (Å²) < 4.78 is 0. The third kappa shape index (κ3) is 5.29. The molecule has 0 saturated carbocycles. The third-order valence-electron chi connectivity index (χ3n) is 3.44. The van der Waals surface area contributed by atoms with E-state index >= 15 is 0 Å². The molecule has 0 aromatic carbocycles. The van der Waals surface area contributed by atoms with Gasteiger partial charge in [-0.3, -0.25) is 9.59 Å². The van der Waals surface area contributed by atoms with E-state index in [4.69, 9.17) is 10.8 Å². The molecule has 21 heavy (non-hydrogen) atoms. The summed E-state index contributed by atoms with van der Waals surface area (Å²) in [7, 11) is 0. The second kappa shape index (κ2) is 8.35. The number of likely N-dealkylation sites (tertiary alicyclic amines) is 1. The first kappa shape index (κ1) is 17.9. The normalized spacial score (nSPS) is 23.1. The summed E-state index contributed by atoms with van der Waals surface area (Å²) in [4.78, 5) is 36.0. The summed E-state index contributed by atoms with van der Waals surface area (Å²) in [6.45, 7) is 1.88. The molecule has 0 aliphatic carbocycles. The van der Waals surface area contributed by atoms with Crippen LogP contribution in [0.3, 0.4) is 0 Å². The highest BCUT2D eigenvalue weighted by Gasteiger charge is 2.40. The molecule has 0 spiro atoms. The molecule has 1 rings (SSSR count). The number of carbonyl (C=O) groups excluding carboxylic acids is 2. The standard InChI is InChI=1S/C13H22N2O5S/c1-8(16)21-7-9(3-2-4-14)12(18)15-6-10(17)5-11(15)13(19)20/h9-11,17H,2-7,14H2,1H3,(H,19,20)/t9?,10?,11-/m0/s1. The number of carboxylic acids is 1. The molecule has 1 aliphatic rings. The highest BCUT2D eigenvalue weighted by Crippen LogP contribution is 2.24. The first-order valence-electron chi connectivity index (χ1n) is 6.91. The summed E-state index contributed by atoms with van der Waals surface area (Å²) in [5, 5.41) is 18.7. The fraction of sp³-hybridized carbons (Fsp3) is 0.769. The van der Waals surface area contributed by atoms with Crippen molar-refractivity contribution in [3.05, 3.63) is 0 Å². The number of amides is 1. The zero-order valence-corrected chi connectivity index (χ0v) is 12.8. The van der Waals surface area contributed by atoms with Crippen molar-refractivity contribution in [1.29, 1.82) is 0 Å². The quantitative estimate of drug-likeness (QED) is 0.587. The van der Waals surface area contributed by atoms with Crippen molar-refractivity contribution in [3.63, 3.8) is 0 Å². The van der Waals surface area contributed by atoms with Crippen LogP contribution in [0.1, 0.15) is 26.2 Å². The Morgan fingerprint density at radius 3 is 2.62 bits per heavy atom. The number of thioether (sulfide) groups is 1. The third-order valence-corrected chi connectivity index (χ3v) is 4.42. The Morgan fingerprint density at radius 2 is 2.10 bits per heavy atom. The maximum Gasteiger partial charge on any atom is 0.326 e. The van der Waals surface area contributed by atoms with E-state index in [1.165, 1.54) is 11.8 Å². The molecule has 120 valence electrons. The minimum atomic E-state index is -1.11. The van der Waals surface area contributed by atoms with E-state index in [0.29, 0.717) is 25.1 Å². The lowest BCUT2D eigenvalue weighted by Crippen LogP contribution is -2.44. The zero-order valence-electron chi connectivity index (χ0n) is 12.0. The summed E-state index contributed by atoms with van der Waals surface area (Å²) in [5.74, 6) is -1.57. The Hall–Kier alpha value is -1.12. The van der Waals surface area contributed by atoms with Crippen LogP contribution in [0.4, 0.5) is 0 Å². The molecule has 4 N–H and O–H groups in total. The van der Waals surface area contributed by atoms with Crippen molar-refractivity contribution in [2.24, 2.45) is 11.7 Å². The molecule has 0 aromatic heterocycles. The van der Waals surface area contributed by atoms with E-state index in [1.807, 2.05) is 0 Å². The van der Waals surface area contributed by atoms with E-state index in [9.17, 15) is 19.5 Å². The van der Waals surface area contributed by atoms with Crippen LogP contribution < -0.4 is 5.73 Å². The first-order chi connectivity index (χ1) is 9.86. The molecule has 0 bridgehead atoms. The number of aliphatic hydroxyl groups is 1. The van der Waals surface area contributed by atoms with Gasteiger partial charge < -0.3 is 20.8 Å². The SMILES string of the molecule is CC(=O)SCC(CCCN)C(=O)N1CC(O)C[C@H]1C(=O)O. The van der Waals surface area contributed by atoms with E-state index in [1.54, 1.807) is 0 Å². The van der Waals surface area contributed by atoms with Gasteiger partial charge in [0.2, 0.25) is 5.91 Å². The molecule has 0 aromatic rings. The van der Waals surface area contributed by atoms with E-state index in [2.05, 4.69) is 0 Å². The summed E-state index contributed by atoms with van der Waals surface area (Å²) >= 11 is 1.05. The highest BCUT2D eigenvalue weighted by molar-refractivity contribution is 8.13. The Labute approximate surface area is 127 Å². The Morgan fingerprint density at radius 1 is 1.43 bits per heavy atom. The molecule has 1 aliphatic heterocycles. The van der Waals surface area contributed by atoms with Gasteiger partial charge in [-0.2, -0.15) is 0 Å². The number of aliphatic carboxylic acids is 1. The molecule has 3 atom stereocenters. The van der Waals surface area contributed by atoms with Crippen molar-refractivity contribution in [1.82, 2.24) is 4.90 Å². The number of hydrogen-bond donors (Lipinski definition) is 3. The van der Waals surface area contributed by atoms with Crippen LogP contribution in [0, 0.1) is 5.92 Å². The average molecular weight is 318 g/mol. The smallest absolute Gasteiger partial charge is 0.326 e. The van der Waals surface area contributed by atoms with Gasteiger partial charge in [0.05, 0.1) is 6.10 Å². The topological polar surface area (TPSA) is 121 Å². The second-order valence-electron chi connectivity index (χ2n) is 5.16. The lowest BCUT2D eigenvalue weighted by Gasteiger charge is -2.26. The average Bonchev–Trinajstić information content (AvgIpc) is 2.80. The number of nitrogens with two attached hydrogens (primary N) is 1.